The molecule has 0 amide bonds. The number of hydrogen-bond donors (Lipinski definition) is 1. The summed E-state index contributed by atoms with van der Waals surface area (Å²) in [5.74, 6) is 0. The molecule has 1 aromatic carbocycles. The molecule has 1 rings (SSSR count). The van der Waals surface area contributed by atoms with Crippen LogP contribution in [-0.4, -0.2) is 6.54 Å². The number of rotatable bonds is 3. The zero-order chi connectivity index (χ0) is 12.3. The normalized spacial score (nSPS) is 11.6. The molecule has 5 heteroatoms. The van der Waals surface area contributed by atoms with Gasteiger partial charge >= 0.3 is 6.18 Å². The summed E-state index contributed by atoms with van der Waals surface area (Å²) in [5.41, 5.74) is 5.40. The predicted octanol–water partition coefficient (Wildman–Crippen LogP) is 3.72. The molecule has 0 atom stereocenters. The van der Waals surface area contributed by atoms with Crippen molar-refractivity contribution in [3.05, 3.63) is 40.9 Å². The van der Waals surface area contributed by atoms with Crippen molar-refractivity contribution in [2.75, 3.05) is 6.54 Å². The molecule has 1 aromatic rings. The fourth-order valence-corrected chi connectivity index (χ4v) is 1.53. The molecule has 16 heavy (non-hydrogen) atoms. The Hall–Kier alpha value is -1.00. The first kappa shape index (κ1) is 13.1. The molecule has 0 aliphatic carbocycles. The van der Waals surface area contributed by atoms with Gasteiger partial charge in [0.15, 0.2) is 0 Å². The molecule has 2 N–H and O–H groups in total. The van der Waals surface area contributed by atoms with E-state index in [9.17, 15) is 13.2 Å². The molecule has 0 radical (unpaired) electrons. The SMILES string of the molecule is C=C(CCN)c1cc(C(F)(F)F)ccc1Cl. The van der Waals surface area contributed by atoms with Crippen molar-refractivity contribution < 1.29 is 13.2 Å². The van der Waals surface area contributed by atoms with Crippen molar-refractivity contribution in [3.63, 3.8) is 0 Å². The summed E-state index contributed by atoms with van der Waals surface area (Å²) in [6, 6.07) is 3.17. The first-order valence-electron chi connectivity index (χ1n) is 4.61. The Morgan fingerprint density at radius 1 is 1.38 bits per heavy atom. The lowest BCUT2D eigenvalue weighted by Crippen LogP contribution is -2.06. The van der Waals surface area contributed by atoms with E-state index in [1.54, 1.807) is 0 Å². The van der Waals surface area contributed by atoms with Gasteiger partial charge in [-0.15, -0.1) is 0 Å². The van der Waals surface area contributed by atoms with Gasteiger partial charge < -0.3 is 5.73 Å². The van der Waals surface area contributed by atoms with E-state index in [2.05, 4.69) is 6.58 Å². The first-order valence-corrected chi connectivity index (χ1v) is 4.99. The second-order valence-electron chi connectivity index (χ2n) is 3.33. The summed E-state index contributed by atoms with van der Waals surface area (Å²) >= 11 is 5.81. The Bertz CT molecular complexity index is 399. The largest absolute Gasteiger partial charge is 0.416 e. The van der Waals surface area contributed by atoms with Gasteiger partial charge in [0.1, 0.15) is 0 Å². The zero-order valence-electron chi connectivity index (χ0n) is 8.44. The lowest BCUT2D eigenvalue weighted by atomic mass is 10.0. The highest BCUT2D eigenvalue weighted by Crippen LogP contribution is 2.34. The van der Waals surface area contributed by atoms with Crippen molar-refractivity contribution in [3.8, 4) is 0 Å². The summed E-state index contributed by atoms with van der Waals surface area (Å²) in [4.78, 5) is 0. The summed E-state index contributed by atoms with van der Waals surface area (Å²) in [6.45, 7) is 3.99. The van der Waals surface area contributed by atoms with Gasteiger partial charge in [-0.05, 0) is 42.3 Å². The average Bonchev–Trinajstić information content (AvgIpc) is 2.16. The van der Waals surface area contributed by atoms with Crippen LogP contribution in [0.3, 0.4) is 0 Å². The van der Waals surface area contributed by atoms with Gasteiger partial charge in [0.05, 0.1) is 5.56 Å². The summed E-state index contributed by atoms with van der Waals surface area (Å²) in [7, 11) is 0. The number of halogens is 4. The lowest BCUT2D eigenvalue weighted by molar-refractivity contribution is -0.137. The van der Waals surface area contributed by atoms with Crippen LogP contribution in [0, 0.1) is 0 Å². The standard InChI is InChI=1S/C11H11ClF3N/c1-7(4-5-16)9-6-8(11(13,14)15)2-3-10(9)12/h2-3,6H,1,4-5,16H2. The van der Waals surface area contributed by atoms with E-state index < -0.39 is 11.7 Å². The van der Waals surface area contributed by atoms with E-state index in [-0.39, 0.29) is 5.02 Å². The Balaban J connectivity index is 3.14. The third-order valence-electron chi connectivity index (χ3n) is 2.12. The molecule has 88 valence electrons. The minimum absolute atomic E-state index is 0.256. The molecule has 0 bridgehead atoms. The van der Waals surface area contributed by atoms with Crippen LogP contribution in [0.1, 0.15) is 17.5 Å². The summed E-state index contributed by atoms with van der Waals surface area (Å²) in [6.07, 6.45) is -3.95. The van der Waals surface area contributed by atoms with Gasteiger partial charge in [-0.1, -0.05) is 18.2 Å². The second kappa shape index (κ2) is 4.89. The number of alkyl halides is 3. The van der Waals surface area contributed by atoms with Gasteiger partial charge in [-0.3, -0.25) is 0 Å². The molecule has 0 spiro atoms. The van der Waals surface area contributed by atoms with Crippen LogP contribution < -0.4 is 5.73 Å². The van der Waals surface area contributed by atoms with E-state index in [0.717, 1.165) is 12.1 Å². The highest BCUT2D eigenvalue weighted by Gasteiger charge is 2.31. The maximum atomic E-state index is 12.5. The van der Waals surface area contributed by atoms with Crippen LogP contribution in [0.25, 0.3) is 5.57 Å². The van der Waals surface area contributed by atoms with Gasteiger partial charge in [-0.2, -0.15) is 13.2 Å². The number of hydrogen-bond acceptors (Lipinski definition) is 1. The van der Waals surface area contributed by atoms with Crippen LogP contribution in [0.5, 0.6) is 0 Å². The minimum Gasteiger partial charge on any atom is -0.330 e. The first-order chi connectivity index (χ1) is 7.36. The van der Waals surface area contributed by atoms with Crippen molar-refractivity contribution in [1.29, 1.82) is 0 Å². The predicted molar refractivity (Wildman–Crippen MR) is 59.2 cm³/mol. The van der Waals surface area contributed by atoms with E-state index in [0.29, 0.717) is 24.1 Å². The van der Waals surface area contributed by atoms with Gasteiger partial charge in [0, 0.05) is 5.02 Å². The van der Waals surface area contributed by atoms with E-state index >= 15 is 0 Å². The molecule has 0 aromatic heterocycles. The van der Waals surface area contributed by atoms with Crippen molar-refractivity contribution in [1.82, 2.24) is 0 Å². The van der Waals surface area contributed by atoms with Gasteiger partial charge in [0.2, 0.25) is 0 Å². The van der Waals surface area contributed by atoms with Gasteiger partial charge in [-0.25, -0.2) is 0 Å². The Kier molecular flexibility index (Phi) is 3.99. The fraction of sp³-hybridized carbons (Fsp3) is 0.273. The Morgan fingerprint density at radius 2 is 2.00 bits per heavy atom. The van der Waals surface area contributed by atoms with Crippen LogP contribution in [0.2, 0.25) is 5.02 Å². The average molecular weight is 250 g/mol. The third-order valence-corrected chi connectivity index (χ3v) is 2.45. The van der Waals surface area contributed by atoms with Crippen molar-refractivity contribution in [2.45, 2.75) is 12.6 Å². The minimum atomic E-state index is -4.37. The molecule has 0 heterocycles. The summed E-state index contributed by atoms with van der Waals surface area (Å²) < 4.78 is 37.4. The highest BCUT2D eigenvalue weighted by atomic mass is 35.5. The lowest BCUT2D eigenvalue weighted by Gasteiger charge is -2.11. The van der Waals surface area contributed by atoms with Gasteiger partial charge in [0.25, 0.3) is 0 Å². The smallest absolute Gasteiger partial charge is 0.330 e. The topological polar surface area (TPSA) is 26.0 Å². The molecule has 0 saturated carbocycles. The Morgan fingerprint density at radius 3 is 2.50 bits per heavy atom. The van der Waals surface area contributed by atoms with Crippen molar-refractivity contribution >= 4 is 17.2 Å². The molecule has 0 aliphatic heterocycles. The van der Waals surface area contributed by atoms with Crippen LogP contribution in [0.15, 0.2) is 24.8 Å². The molecule has 0 aliphatic rings. The molecule has 0 saturated heterocycles. The van der Waals surface area contributed by atoms with E-state index in [1.807, 2.05) is 0 Å². The second-order valence-corrected chi connectivity index (χ2v) is 3.74. The van der Waals surface area contributed by atoms with Crippen molar-refractivity contribution in [2.24, 2.45) is 5.73 Å². The maximum Gasteiger partial charge on any atom is 0.416 e. The molecular formula is C11H11ClF3N. The molecular weight excluding hydrogens is 239 g/mol. The number of benzene rings is 1. The number of nitrogens with two attached hydrogens (primary N) is 1. The van der Waals surface area contributed by atoms with E-state index in [4.69, 9.17) is 17.3 Å². The zero-order valence-corrected chi connectivity index (χ0v) is 9.20. The van der Waals surface area contributed by atoms with Crippen LogP contribution in [-0.2, 0) is 6.18 Å². The molecule has 1 nitrogen and oxygen atoms in total. The van der Waals surface area contributed by atoms with E-state index in [1.165, 1.54) is 6.07 Å². The van der Waals surface area contributed by atoms with Crippen LogP contribution in [0.4, 0.5) is 13.2 Å². The fourth-order valence-electron chi connectivity index (χ4n) is 1.28. The quantitative estimate of drug-likeness (QED) is 0.868. The third kappa shape index (κ3) is 3.00. The highest BCUT2D eigenvalue weighted by molar-refractivity contribution is 6.32. The Labute approximate surface area is 96.7 Å². The molecule has 0 fully saturated rings. The molecule has 0 unspecified atom stereocenters. The summed E-state index contributed by atoms with van der Waals surface area (Å²) in [5, 5.41) is 0.256. The van der Waals surface area contributed by atoms with Crippen LogP contribution >= 0.6 is 11.6 Å². The maximum absolute atomic E-state index is 12.5. The monoisotopic (exact) mass is 249 g/mol.